The molecule has 5 heteroatoms. The third-order valence-electron chi connectivity index (χ3n) is 4.30. The highest BCUT2D eigenvalue weighted by atomic mass is 16.6. The van der Waals surface area contributed by atoms with Gasteiger partial charge >= 0.3 is 5.97 Å². The van der Waals surface area contributed by atoms with Crippen molar-refractivity contribution < 1.29 is 23.7 Å². The zero-order valence-electron chi connectivity index (χ0n) is 14.4. The number of hydrogen-bond acceptors (Lipinski definition) is 5. The molecule has 0 aliphatic carbocycles. The summed E-state index contributed by atoms with van der Waals surface area (Å²) >= 11 is 0. The van der Waals surface area contributed by atoms with Gasteiger partial charge in [-0.15, -0.1) is 0 Å². The SMILES string of the molecule is COc1cc(C(=O)OCc2cccc3ccccc23)cc2c1OCCO2. The molecule has 0 amide bonds. The number of esters is 1. The molecule has 132 valence electrons. The quantitative estimate of drug-likeness (QED) is 0.666. The van der Waals surface area contributed by atoms with Gasteiger partial charge < -0.3 is 18.9 Å². The van der Waals surface area contributed by atoms with E-state index < -0.39 is 5.97 Å². The van der Waals surface area contributed by atoms with E-state index in [1.807, 2.05) is 42.5 Å². The number of rotatable bonds is 4. The van der Waals surface area contributed by atoms with E-state index in [2.05, 4.69) is 0 Å². The molecule has 0 fully saturated rings. The monoisotopic (exact) mass is 350 g/mol. The molecule has 3 aromatic carbocycles. The van der Waals surface area contributed by atoms with E-state index in [0.717, 1.165) is 16.3 Å². The molecule has 26 heavy (non-hydrogen) atoms. The van der Waals surface area contributed by atoms with Crippen molar-refractivity contribution in [1.82, 2.24) is 0 Å². The van der Waals surface area contributed by atoms with Gasteiger partial charge in [0.05, 0.1) is 12.7 Å². The number of ether oxygens (including phenoxy) is 4. The molecule has 5 nitrogen and oxygen atoms in total. The molecule has 0 saturated carbocycles. The van der Waals surface area contributed by atoms with E-state index in [9.17, 15) is 4.79 Å². The first-order chi connectivity index (χ1) is 12.8. The van der Waals surface area contributed by atoms with Crippen LogP contribution in [0.4, 0.5) is 0 Å². The van der Waals surface area contributed by atoms with Gasteiger partial charge in [0.15, 0.2) is 11.5 Å². The smallest absolute Gasteiger partial charge is 0.338 e. The van der Waals surface area contributed by atoms with Crippen LogP contribution in [-0.4, -0.2) is 26.3 Å². The van der Waals surface area contributed by atoms with Crippen LogP contribution in [0.1, 0.15) is 15.9 Å². The predicted molar refractivity (Wildman–Crippen MR) is 97.1 cm³/mol. The van der Waals surface area contributed by atoms with Crippen LogP contribution in [-0.2, 0) is 11.3 Å². The summed E-state index contributed by atoms with van der Waals surface area (Å²) in [6, 6.07) is 17.2. The fraction of sp³-hybridized carbons (Fsp3) is 0.190. The van der Waals surface area contributed by atoms with Gasteiger partial charge in [-0.1, -0.05) is 42.5 Å². The van der Waals surface area contributed by atoms with Gasteiger partial charge in [0.25, 0.3) is 0 Å². The Balaban J connectivity index is 1.57. The molecule has 0 atom stereocenters. The third kappa shape index (κ3) is 3.04. The number of methoxy groups -OCH3 is 1. The number of carbonyl (C=O) groups excluding carboxylic acids is 1. The van der Waals surface area contributed by atoms with Crippen LogP contribution < -0.4 is 14.2 Å². The van der Waals surface area contributed by atoms with Crippen molar-refractivity contribution in [3.8, 4) is 17.2 Å². The fourth-order valence-electron chi connectivity index (χ4n) is 3.04. The van der Waals surface area contributed by atoms with Gasteiger partial charge in [0.1, 0.15) is 19.8 Å². The Morgan fingerprint density at radius 3 is 2.73 bits per heavy atom. The Morgan fingerprint density at radius 1 is 1.04 bits per heavy atom. The normalized spacial score (nSPS) is 12.7. The van der Waals surface area contributed by atoms with Gasteiger partial charge in [0, 0.05) is 0 Å². The largest absolute Gasteiger partial charge is 0.493 e. The predicted octanol–water partition coefficient (Wildman–Crippen LogP) is 3.98. The molecule has 0 saturated heterocycles. The summed E-state index contributed by atoms with van der Waals surface area (Å²) in [6.07, 6.45) is 0. The molecule has 1 aliphatic heterocycles. The van der Waals surface area contributed by atoms with Gasteiger partial charge in [-0.05, 0) is 28.5 Å². The van der Waals surface area contributed by atoms with Gasteiger partial charge in [-0.25, -0.2) is 4.79 Å². The van der Waals surface area contributed by atoms with Crippen molar-refractivity contribution >= 4 is 16.7 Å². The van der Waals surface area contributed by atoms with Crippen LogP contribution in [0.2, 0.25) is 0 Å². The lowest BCUT2D eigenvalue weighted by atomic mass is 10.1. The molecule has 1 heterocycles. The van der Waals surface area contributed by atoms with E-state index in [-0.39, 0.29) is 6.61 Å². The summed E-state index contributed by atoms with van der Waals surface area (Å²) in [5.74, 6) is 1.03. The molecule has 3 aromatic rings. The topological polar surface area (TPSA) is 54.0 Å². The van der Waals surface area contributed by atoms with Crippen molar-refractivity contribution in [3.05, 3.63) is 65.7 Å². The molecule has 0 spiro atoms. The Labute approximate surface area is 151 Å². The van der Waals surface area contributed by atoms with Crippen LogP contribution in [0.3, 0.4) is 0 Å². The van der Waals surface area contributed by atoms with E-state index in [4.69, 9.17) is 18.9 Å². The van der Waals surface area contributed by atoms with Gasteiger partial charge in [-0.2, -0.15) is 0 Å². The second kappa shape index (κ2) is 6.96. The second-order valence-corrected chi connectivity index (χ2v) is 5.92. The van der Waals surface area contributed by atoms with Gasteiger partial charge in [0.2, 0.25) is 5.75 Å². The highest BCUT2D eigenvalue weighted by Crippen LogP contribution is 2.40. The average molecular weight is 350 g/mol. The summed E-state index contributed by atoms with van der Waals surface area (Å²) in [5.41, 5.74) is 1.33. The minimum atomic E-state index is -0.437. The van der Waals surface area contributed by atoms with Crippen molar-refractivity contribution in [2.24, 2.45) is 0 Å². The summed E-state index contributed by atoms with van der Waals surface area (Å²) in [5, 5.41) is 2.18. The minimum absolute atomic E-state index is 0.191. The van der Waals surface area contributed by atoms with E-state index in [1.54, 1.807) is 12.1 Å². The molecule has 0 N–H and O–H groups in total. The Bertz CT molecular complexity index is 941. The first-order valence-electron chi connectivity index (χ1n) is 8.37. The molecular weight excluding hydrogens is 332 g/mol. The van der Waals surface area contributed by atoms with Gasteiger partial charge in [-0.3, -0.25) is 0 Å². The van der Waals surface area contributed by atoms with E-state index >= 15 is 0 Å². The molecule has 0 bridgehead atoms. The molecular formula is C21H18O5. The first kappa shape index (κ1) is 16.3. The van der Waals surface area contributed by atoms with Crippen LogP contribution >= 0.6 is 0 Å². The van der Waals surface area contributed by atoms with Crippen LogP contribution in [0.5, 0.6) is 17.2 Å². The lowest BCUT2D eigenvalue weighted by molar-refractivity contribution is 0.0472. The molecule has 4 rings (SSSR count). The van der Waals surface area contributed by atoms with Crippen molar-refractivity contribution in [1.29, 1.82) is 0 Å². The highest BCUT2D eigenvalue weighted by Gasteiger charge is 2.21. The summed E-state index contributed by atoms with van der Waals surface area (Å²) in [6.45, 7) is 1.08. The first-order valence-corrected chi connectivity index (χ1v) is 8.37. The van der Waals surface area contributed by atoms with Crippen molar-refractivity contribution in [3.63, 3.8) is 0 Å². The third-order valence-corrected chi connectivity index (χ3v) is 4.30. The lowest BCUT2D eigenvalue weighted by Crippen LogP contribution is -2.17. The van der Waals surface area contributed by atoms with Crippen molar-refractivity contribution in [2.45, 2.75) is 6.61 Å². The maximum absolute atomic E-state index is 12.5. The van der Waals surface area contributed by atoms with E-state index in [1.165, 1.54) is 7.11 Å². The molecule has 1 aliphatic rings. The number of fused-ring (bicyclic) bond motifs is 2. The Kier molecular flexibility index (Phi) is 4.35. The zero-order valence-corrected chi connectivity index (χ0v) is 14.4. The standard InChI is InChI=1S/C21H18O5/c1-23-18-11-16(12-19-20(18)25-10-9-24-19)21(22)26-13-15-7-4-6-14-5-2-3-8-17(14)15/h2-8,11-12H,9-10,13H2,1H3. The summed E-state index contributed by atoms with van der Waals surface area (Å²) < 4.78 is 22.0. The molecule has 0 unspecified atom stereocenters. The van der Waals surface area contributed by atoms with Crippen LogP contribution in [0, 0.1) is 0 Å². The molecule has 0 radical (unpaired) electrons. The average Bonchev–Trinajstić information content (AvgIpc) is 2.71. The van der Waals surface area contributed by atoms with E-state index in [0.29, 0.717) is 36.0 Å². The minimum Gasteiger partial charge on any atom is -0.493 e. The summed E-state index contributed by atoms with van der Waals surface area (Å²) in [7, 11) is 1.53. The Hall–Kier alpha value is -3.21. The zero-order chi connectivity index (χ0) is 17.9. The maximum Gasteiger partial charge on any atom is 0.338 e. The number of carbonyl (C=O) groups is 1. The maximum atomic E-state index is 12.5. The number of benzene rings is 3. The van der Waals surface area contributed by atoms with Crippen molar-refractivity contribution in [2.75, 3.05) is 20.3 Å². The molecule has 0 aromatic heterocycles. The fourth-order valence-corrected chi connectivity index (χ4v) is 3.04. The second-order valence-electron chi connectivity index (χ2n) is 5.92. The lowest BCUT2D eigenvalue weighted by Gasteiger charge is -2.21. The number of hydrogen-bond donors (Lipinski definition) is 0. The van der Waals surface area contributed by atoms with Crippen LogP contribution in [0.15, 0.2) is 54.6 Å². The van der Waals surface area contributed by atoms with Crippen LogP contribution in [0.25, 0.3) is 10.8 Å². The highest BCUT2D eigenvalue weighted by molar-refractivity contribution is 5.91. The Morgan fingerprint density at radius 2 is 1.85 bits per heavy atom. The summed E-state index contributed by atoms with van der Waals surface area (Å²) in [4.78, 5) is 12.5.